The molecular formula is C30H32O9. The number of methoxy groups -OCH3 is 4. The third kappa shape index (κ3) is 6.52. The number of carbonyl (C=O) groups is 2. The van der Waals surface area contributed by atoms with E-state index < -0.39 is 42.5 Å². The maximum atomic E-state index is 13.0. The average Bonchev–Trinajstić information content (AvgIpc) is 2.98. The zero-order valence-electron chi connectivity index (χ0n) is 22.3. The summed E-state index contributed by atoms with van der Waals surface area (Å²) in [7, 11) is 6.22. The van der Waals surface area contributed by atoms with E-state index >= 15 is 0 Å². The highest BCUT2D eigenvalue weighted by Gasteiger charge is 2.48. The summed E-state index contributed by atoms with van der Waals surface area (Å²) in [5.41, 5.74) is 1.20. The first kappa shape index (κ1) is 28.4. The van der Waals surface area contributed by atoms with Crippen LogP contribution < -0.4 is 9.47 Å². The molecule has 1 fully saturated rings. The number of hydrogen-bond acceptors (Lipinski definition) is 9. The Hall–Kier alpha value is -3.60. The normalized spacial score (nSPS) is 22.7. The lowest BCUT2D eigenvalue weighted by Gasteiger charge is -2.45. The highest BCUT2D eigenvalue weighted by atomic mass is 16.6. The van der Waals surface area contributed by atoms with Gasteiger partial charge in [0.15, 0.2) is 0 Å². The molecular weight excluding hydrogens is 504 g/mol. The van der Waals surface area contributed by atoms with Crippen LogP contribution >= 0.6 is 0 Å². The van der Waals surface area contributed by atoms with Crippen molar-refractivity contribution in [2.45, 2.75) is 30.5 Å². The van der Waals surface area contributed by atoms with Crippen LogP contribution in [0.3, 0.4) is 0 Å². The van der Waals surface area contributed by atoms with Crippen LogP contribution in [-0.2, 0) is 23.7 Å². The van der Waals surface area contributed by atoms with Crippen molar-refractivity contribution < 1.29 is 42.7 Å². The fraction of sp³-hybridized carbons (Fsp3) is 0.333. The van der Waals surface area contributed by atoms with E-state index in [1.165, 1.54) is 7.11 Å². The highest BCUT2D eigenvalue weighted by Crippen LogP contribution is 2.41. The molecule has 0 amide bonds. The molecule has 0 spiro atoms. The Balaban J connectivity index is 1.74. The molecule has 0 saturated carbocycles. The second-order valence-corrected chi connectivity index (χ2v) is 8.86. The third-order valence-electron chi connectivity index (χ3n) is 6.50. The van der Waals surface area contributed by atoms with Crippen molar-refractivity contribution in [2.24, 2.45) is 0 Å². The van der Waals surface area contributed by atoms with Gasteiger partial charge in [-0.05, 0) is 42.5 Å². The molecule has 0 aromatic heterocycles. The van der Waals surface area contributed by atoms with Gasteiger partial charge in [0.1, 0.15) is 42.0 Å². The Morgan fingerprint density at radius 1 is 0.692 bits per heavy atom. The smallest absolute Gasteiger partial charge is 0.343 e. The van der Waals surface area contributed by atoms with Gasteiger partial charge in [-0.3, -0.25) is 0 Å². The summed E-state index contributed by atoms with van der Waals surface area (Å²) in [6.07, 6.45) is -3.03. The summed E-state index contributed by atoms with van der Waals surface area (Å²) < 4.78 is 40.6. The number of rotatable bonds is 10. The molecule has 1 saturated heterocycles. The monoisotopic (exact) mass is 536 g/mol. The summed E-state index contributed by atoms with van der Waals surface area (Å²) >= 11 is 0. The van der Waals surface area contributed by atoms with E-state index in [1.807, 2.05) is 12.1 Å². The lowest BCUT2D eigenvalue weighted by Crippen LogP contribution is -2.57. The lowest BCUT2D eigenvalue weighted by atomic mass is 9.90. The van der Waals surface area contributed by atoms with Crippen LogP contribution in [0.5, 0.6) is 11.5 Å². The summed E-state index contributed by atoms with van der Waals surface area (Å²) in [4.78, 5) is 25.8. The molecule has 9 nitrogen and oxygen atoms in total. The van der Waals surface area contributed by atoms with Crippen LogP contribution in [0.1, 0.15) is 32.4 Å². The maximum Gasteiger partial charge on any atom is 0.343 e. The Kier molecular flexibility index (Phi) is 9.80. The minimum atomic E-state index is -0.791. The van der Waals surface area contributed by atoms with Crippen LogP contribution in [-0.4, -0.2) is 71.4 Å². The van der Waals surface area contributed by atoms with Crippen LogP contribution in [0.15, 0.2) is 78.9 Å². The van der Waals surface area contributed by atoms with Gasteiger partial charge in [-0.25, -0.2) is 9.59 Å². The molecule has 3 aromatic carbocycles. The van der Waals surface area contributed by atoms with Crippen molar-refractivity contribution in [2.75, 3.05) is 35.0 Å². The maximum absolute atomic E-state index is 13.0. The Bertz CT molecular complexity index is 1230. The van der Waals surface area contributed by atoms with Gasteiger partial charge in [0, 0.05) is 34.0 Å². The van der Waals surface area contributed by atoms with E-state index in [1.54, 1.807) is 88.1 Å². The number of benzene rings is 3. The molecule has 0 radical (unpaired) electrons. The molecule has 0 bridgehead atoms. The van der Waals surface area contributed by atoms with Gasteiger partial charge in [-0.15, -0.1) is 0 Å². The Morgan fingerprint density at radius 2 is 1.26 bits per heavy atom. The first-order chi connectivity index (χ1) is 19.0. The average molecular weight is 537 g/mol. The van der Waals surface area contributed by atoms with Gasteiger partial charge in [0.2, 0.25) is 0 Å². The first-order valence-electron chi connectivity index (χ1n) is 12.4. The van der Waals surface area contributed by atoms with E-state index in [2.05, 4.69) is 0 Å². The van der Waals surface area contributed by atoms with E-state index in [9.17, 15) is 9.59 Å². The number of hydrogen-bond donors (Lipinski definition) is 0. The van der Waals surface area contributed by atoms with Crippen LogP contribution in [0.4, 0.5) is 0 Å². The van der Waals surface area contributed by atoms with Crippen molar-refractivity contribution in [1.29, 1.82) is 0 Å². The molecule has 5 atom stereocenters. The van der Waals surface area contributed by atoms with Crippen molar-refractivity contribution in [3.63, 3.8) is 0 Å². The number of carbonyl (C=O) groups excluding carboxylic acids is 2. The Morgan fingerprint density at radius 3 is 1.79 bits per heavy atom. The fourth-order valence-corrected chi connectivity index (χ4v) is 4.65. The second kappa shape index (κ2) is 13.5. The molecule has 9 heteroatoms. The van der Waals surface area contributed by atoms with Gasteiger partial charge in [0.25, 0.3) is 0 Å². The van der Waals surface area contributed by atoms with Crippen LogP contribution in [0.25, 0.3) is 0 Å². The van der Waals surface area contributed by atoms with Crippen molar-refractivity contribution in [3.05, 3.63) is 95.6 Å². The van der Waals surface area contributed by atoms with Gasteiger partial charge in [0.05, 0.1) is 17.7 Å². The largest absolute Gasteiger partial charge is 0.423 e. The molecule has 3 aromatic rings. The minimum absolute atomic E-state index is 0.215. The summed E-state index contributed by atoms with van der Waals surface area (Å²) in [6.45, 7) is 0.215. The molecule has 1 aliphatic rings. The van der Waals surface area contributed by atoms with E-state index in [4.69, 9.17) is 33.2 Å². The summed E-state index contributed by atoms with van der Waals surface area (Å²) in [6, 6.07) is 22.0. The predicted molar refractivity (Wildman–Crippen MR) is 141 cm³/mol. The van der Waals surface area contributed by atoms with Crippen LogP contribution in [0, 0.1) is 0 Å². The van der Waals surface area contributed by atoms with Crippen molar-refractivity contribution in [3.8, 4) is 11.5 Å². The second-order valence-electron chi connectivity index (χ2n) is 8.86. The first-order valence-corrected chi connectivity index (χ1v) is 12.4. The molecule has 39 heavy (non-hydrogen) atoms. The summed E-state index contributed by atoms with van der Waals surface area (Å²) in [5.74, 6) is -0.627. The molecule has 0 unspecified atom stereocenters. The van der Waals surface area contributed by atoms with Gasteiger partial charge < -0.3 is 33.2 Å². The molecule has 4 rings (SSSR count). The van der Waals surface area contributed by atoms with E-state index in [0.717, 1.165) is 0 Å². The van der Waals surface area contributed by atoms with Gasteiger partial charge in [-0.2, -0.15) is 0 Å². The molecule has 0 aliphatic carbocycles. The van der Waals surface area contributed by atoms with E-state index in [0.29, 0.717) is 16.7 Å². The molecule has 1 heterocycles. The van der Waals surface area contributed by atoms with Gasteiger partial charge in [-0.1, -0.05) is 36.4 Å². The summed E-state index contributed by atoms with van der Waals surface area (Å²) in [5, 5.41) is 0. The number of esters is 2. The van der Waals surface area contributed by atoms with Crippen LogP contribution in [0.2, 0.25) is 0 Å². The van der Waals surface area contributed by atoms with Crippen molar-refractivity contribution in [1.82, 2.24) is 0 Å². The van der Waals surface area contributed by atoms with Crippen molar-refractivity contribution >= 4 is 11.9 Å². The zero-order chi connectivity index (χ0) is 27.8. The fourth-order valence-electron chi connectivity index (χ4n) is 4.65. The SMILES string of the molecule is COC[C@H]1O[C@@H](c2cc(OC(=O)c3ccccc3)ccc2OC(=O)c2ccccc2)[C@H](OC)[C@@H](OC)[C@@H]1OC. The molecule has 0 N–H and O–H groups in total. The van der Waals surface area contributed by atoms with Gasteiger partial charge >= 0.3 is 11.9 Å². The zero-order valence-corrected chi connectivity index (χ0v) is 22.3. The predicted octanol–water partition coefficient (Wildman–Crippen LogP) is 4.26. The quantitative estimate of drug-likeness (QED) is 0.278. The number of ether oxygens (including phenoxy) is 7. The van der Waals surface area contributed by atoms with E-state index in [-0.39, 0.29) is 18.1 Å². The molecule has 206 valence electrons. The minimum Gasteiger partial charge on any atom is -0.423 e. The highest BCUT2D eigenvalue weighted by molar-refractivity contribution is 5.92. The lowest BCUT2D eigenvalue weighted by molar-refractivity contribution is -0.252. The third-order valence-corrected chi connectivity index (χ3v) is 6.50. The molecule has 1 aliphatic heterocycles. The topological polar surface area (TPSA) is 98.8 Å². The Labute approximate surface area is 227 Å². The standard InChI is InChI=1S/C30H32O9/c1-33-18-24-26(34-2)28(36-4)27(35-3)25(38-24)22-17-21(37-29(31)19-11-7-5-8-12-19)15-16-23(22)39-30(32)20-13-9-6-10-14-20/h5-17,24-28H,18H2,1-4H3/t24-,25+,26-,27+,28+/m1/s1.